The molecule has 1 saturated heterocycles. The number of nitrogens with two attached hydrogens (primary N) is 1. The van der Waals surface area contributed by atoms with Crippen molar-refractivity contribution in [2.75, 3.05) is 30.3 Å². The lowest BCUT2D eigenvalue weighted by atomic mass is 9.84. The summed E-state index contributed by atoms with van der Waals surface area (Å²) < 4.78 is 9.19. The minimum Gasteiger partial charge on any atom is -0.462 e. The third-order valence-electron chi connectivity index (χ3n) is 3.37. The average molecular weight is 283 g/mol. The van der Waals surface area contributed by atoms with Gasteiger partial charge < -0.3 is 15.4 Å². The predicted molar refractivity (Wildman–Crippen MR) is 77.7 cm³/mol. The lowest BCUT2D eigenvalue weighted by molar-refractivity contribution is 0.0528. The summed E-state index contributed by atoms with van der Waals surface area (Å²) >= 11 is 1.29. The van der Waals surface area contributed by atoms with E-state index >= 15 is 0 Å². The first-order valence-corrected chi connectivity index (χ1v) is 7.39. The molecule has 0 aromatic carbocycles. The second-order valence-corrected chi connectivity index (χ2v) is 6.41. The van der Waals surface area contributed by atoms with E-state index < -0.39 is 0 Å². The number of rotatable bonds is 3. The zero-order valence-electron chi connectivity index (χ0n) is 11.7. The highest BCUT2D eigenvalue weighted by Gasteiger charge is 2.31. The molecule has 2 rings (SSSR count). The molecule has 1 aromatic rings. The molecule has 1 aliphatic heterocycles. The van der Waals surface area contributed by atoms with Crippen LogP contribution in [0.15, 0.2) is 0 Å². The number of nitrogen functional groups attached to an aromatic ring is 1. The van der Waals surface area contributed by atoms with Crippen molar-refractivity contribution in [2.45, 2.75) is 33.6 Å². The molecule has 19 heavy (non-hydrogen) atoms. The van der Waals surface area contributed by atoms with Gasteiger partial charge in [0.2, 0.25) is 0 Å². The van der Waals surface area contributed by atoms with Crippen LogP contribution in [0.1, 0.15) is 44.0 Å². The molecule has 0 bridgehead atoms. The topological polar surface area (TPSA) is 68.5 Å². The molecule has 6 heteroatoms. The first-order chi connectivity index (χ1) is 8.94. The Morgan fingerprint density at radius 2 is 2.32 bits per heavy atom. The molecule has 0 radical (unpaired) electrons. The molecule has 0 amide bonds. The van der Waals surface area contributed by atoms with E-state index in [1.165, 1.54) is 18.0 Å². The van der Waals surface area contributed by atoms with Crippen molar-refractivity contribution in [3.05, 3.63) is 5.56 Å². The van der Waals surface area contributed by atoms with Crippen LogP contribution in [0, 0.1) is 5.41 Å². The Balaban J connectivity index is 2.27. The number of piperidine rings is 1. The van der Waals surface area contributed by atoms with Crippen molar-refractivity contribution in [3.8, 4) is 0 Å². The van der Waals surface area contributed by atoms with E-state index in [1.807, 2.05) is 0 Å². The molecule has 2 heterocycles. The smallest absolute Gasteiger partial charge is 0.345 e. The number of anilines is 2. The lowest BCUT2D eigenvalue weighted by Gasteiger charge is -2.38. The molecule has 1 aliphatic rings. The molecule has 0 aliphatic carbocycles. The number of carbonyl (C=O) groups is 1. The van der Waals surface area contributed by atoms with E-state index in [9.17, 15) is 4.79 Å². The number of nitrogens with zero attached hydrogens (tertiary/aromatic N) is 2. The highest BCUT2D eigenvalue weighted by atomic mass is 32.1. The summed E-state index contributed by atoms with van der Waals surface area (Å²) in [5.74, 6) is -0.0889. The van der Waals surface area contributed by atoms with Gasteiger partial charge in [0.15, 0.2) is 5.82 Å². The van der Waals surface area contributed by atoms with Crippen molar-refractivity contribution in [3.63, 3.8) is 0 Å². The van der Waals surface area contributed by atoms with Crippen molar-refractivity contribution in [1.29, 1.82) is 0 Å². The summed E-state index contributed by atoms with van der Waals surface area (Å²) in [5, 5.41) is 0.851. The monoisotopic (exact) mass is 283 g/mol. The van der Waals surface area contributed by atoms with Crippen LogP contribution in [0.3, 0.4) is 0 Å². The highest BCUT2D eigenvalue weighted by molar-refractivity contribution is 7.11. The van der Waals surface area contributed by atoms with E-state index in [4.69, 9.17) is 10.5 Å². The van der Waals surface area contributed by atoms with Gasteiger partial charge in [0, 0.05) is 13.1 Å². The van der Waals surface area contributed by atoms with Gasteiger partial charge in [0.25, 0.3) is 0 Å². The zero-order valence-corrected chi connectivity index (χ0v) is 12.5. The van der Waals surface area contributed by atoms with Crippen LogP contribution in [0.4, 0.5) is 10.8 Å². The quantitative estimate of drug-likeness (QED) is 0.863. The molecule has 1 aromatic heterocycles. The van der Waals surface area contributed by atoms with Crippen LogP contribution < -0.4 is 10.6 Å². The largest absolute Gasteiger partial charge is 0.462 e. The number of ether oxygens (including phenoxy) is 1. The van der Waals surface area contributed by atoms with Gasteiger partial charge in [-0.3, -0.25) is 0 Å². The van der Waals surface area contributed by atoms with E-state index in [-0.39, 0.29) is 17.2 Å². The molecular formula is C13H21N3O2S. The van der Waals surface area contributed by atoms with Gasteiger partial charge in [-0.1, -0.05) is 13.8 Å². The third kappa shape index (κ3) is 3.00. The SMILES string of the molecule is CCOC(=O)c1c(N)nsc1N1CCCC(C)(C)C1. The van der Waals surface area contributed by atoms with E-state index in [2.05, 4.69) is 23.1 Å². The standard InChI is InChI=1S/C13H21N3O2S/c1-4-18-12(17)9-10(14)15-19-11(9)16-7-5-6-13(2,3)8-16/h4-8H2,1-3H3,(H2,14,15). The summed E-state index contributed by atoms with van der Waals surface area (Å²) in [5.41, 5.74) is 6.51. The van der Waals surface area contributed by atoms with Crippen molar-refractivity contribution < 1.29 is 9.53 Å². The number of esters is 1. The maximum atomic E-state index is 12.0. The normalized spacial score (nSPS) is 18.4. The molecule has 2 N–H and O–H groups in total. The summed E-state index contributed by atoms with van der Waals surface area (Å²) in [6.07, 6.45) is 2.32. The van der Waals surface area contributed by atoms with E-state index in [0.717, 1.165) is 24.5 Å². The van der Waals surface area contributed by atoms with Gasteiger partial charge in [-0.05, 0) is 36.7 Å². The number of carbonyl (C=O) groups excluding carboxylic acids is 1. The fourth-order valence-corrected chi connectivity index (χ4v) is 3.33. The van der Waals surface area contributed by atoms with Crippen LogP contribution in [-0.2, 0) is 4.74 Å². The molecule has 0 atom stereocenters. The molecule has 0 unspecified atom stereocenters. The summed E-state index contributed by atoms with van der Waals surface area (Å²) in [4.78, 5) is 14.2. The Hall–Kier alpha value is -1.30. The minimum atomic E-state index is -0.368. The van der Waals surface area contributed by atoms with E-state index in [1.54, 1.807) is 6.92 Å². The van der Waals surface area contributed by atoms with Gasteiger partial charge in [-0.15, -0.1) is 0 Å². The molecule has 0 spiro atoms. The maximum Gasteiger partial charge on any atom is 0.345 e. The first-order valence-electron chi connectivity index (χ1n) is 6.62. The molecule has 106 valence electrons. The van der Waals surface area contributed by atoms with Crippen LogP contribution in [0.5, 0.6) is 0 Å². The van der Waals surface area contributed by atoms with Crippen molar-refractivity contribution in [2.24, 2.45) is 5.41 Å². The first kappa shape index (κ1) is 14.1. The lowest BCUT2D eigenvalue weighted by Crippen LogP contribution is -2.40. The second kappa shape index (κ2) is 5.36. The Kier molecular flexibility index (Phi) is 3.99. The molecule has 0 saturated carbocycles. The fraction of sp³-hybridized carbons (Fsp3) is 0.692. The van der Waals surface area contributed by atoms with Gasteiger partial charge in [-0.25, -0.2) is 4.79 Å². The zero-order chi connectivity index (χ0) is 14.0. The van der Waals surface area contributed by atoms with Crippen molar-refractivity contribution in [1.82, 2.24) is 4.37 Å². The summed E-state index contributed by atoms with van der Waals surface area (Å²) in [6, 6.07) is 0. The minimum absolute atomic E-state index is 0.253. The summed E-state index contributed by atoms with van der Waals surface area (Å²) in [7, 11) is 0. The maximum absolute atomic E-state index is 12.0. The third-order valence-corrected chi connectivity index (χ3v) is 4.29. The van der Waals surface area contributed by atoms with Gasteiger partial charge >= 0.3 is 5.97 Å². The second-order valence-electron chi connectivity index (χ2n) is 5.66. The Morgan fingerprint density at radius 3 is 2.95 bits per heavy atom. The highest BCUT2D eigenvalue weighted by Crippen LogP contribution is 2.37. The van der Waals surface area contributed by atoms with Crippen LogP contribution >= 0.6 is 11.5 Å². The molecule has 5 nitrogen and oxygen atoms in total. The molecule has 1 fully saturated rings. The summed E-state index contributed by atoms with van der Waals surface area (Å²) in [6.45, 7) is 8.48. The van der Waals surface area contributed by atoms with Gasteiger partial charge in [-0.2, -0.15) is 4.37 Å². The predicted octanol–water partition coefficient (Wildman–Crippen LogP) is 2.53. The number of hydrogen-bond donors (Lipinski definition) is 1. The van der Waals surface area contributed by atoms with Crippen LogP contribution in [0.25, 0.3) is 0 Å². The van der Waals surface area contributed by atoms with Gasteiger partial charge in [0.05, 0.1) is 6.61 Å². The Bertz CT molecular complexity index is 470. The molecular weight excluding hydrogens is 262 g/mol. The van der Waals surface area contributed by atoms with Crippen LogP contribution in [0.2, 0.25) is 0 Å². The van der Waals surface area contributed by atoms with Crippen LogP contribution in [-0.4, -0.2) is 30.0 Å². The van der Waals surface area contributed by atoms with E-state index in [0.29, 0.717) is 12.2 Å². The fourth-order valence-electron chi connectivity index (χ4n) is 2.50. The van der Waals surface area contributed by atoms with Crippen molar-refractivity contribution >= 4 is 28.3 Å². The Morgan fingerprint density at radius 1 is 1.58 bits per heavy atom. The number of aromatic nitrogens is 1. The Labute approximate surface area is 117 Å². The number of hydrogen-bond acceptors (Lipinski definition) is 6. The average Bonchev–Trinajstić information content (AvgIpc) is 2.70. The van der Waals surface area contributed by atoms with Gasteiger partial charge in [0.1, 0.15) is 10.6 Å².